The highest BCUT2D eigenvalue weighted by Gasteiger charge is 2.13. The molecule has 0 aliphatic rings. The number of rotatable bonds is 3. The third kappa shape index (κ3) is 3.57. The van der Waals surface area contributed by atoms with Crippen LogP contribution in [0.15, 0.2) is 24.3 Å². The summed E-state index contributed by atoms with van der Waals surface area (Å²) < 4.78 is 5.84. The number of methoxy groups -OCH3 is 1. The molecule has 0 aliphatic carbocycles. The summed E-state index contributed by atoms with van der Waals surface area (Å²) in [6.07, 6.45) is 0. The number of carbonyl (C=O) groups excluding carboxylic acids is 1. The SMILES string of the molecule is COc1cc(C)nc(NC(=O)c2cc(Cl)ccc2I)n1. The molecule has 0 bridgehead atoms. The zero-order valence-electron chi connectivity index (χ0n) is 10.8. The Balaban J connectivity index is 2.27. The van der Waals surface area contributed by atoms with Gasteiger partial charge in [0.25, 0.3) is 5.91 Å². The molecule has 0 fully saturated rings. The van der Waals surface area contributed by atoms with Crippen LogP contribution in [0.25, 0.3) is 0 Å². The molecule has 1 heterocycles. The van der Waals surface area contributed by atoms with E-state index in [-0.39, 0.29) is 11.9 Å². The molecule has 7 heteroatoms. The van der Waals surface area contributed by atoms with Crippen LogP contribution in [0.2, 0.25) is 5.02 Å². The smallest absolute Gasteiger partial charge is 0.259 e. The van der Waals surface area contributed by atoms with Crippen LogP contribution in [0.3, 0.4) is 0 Å². The summed E-state index contributed by atoms with van der Waals surface area (Å²) in [7, 11) is 1.51. The van der Waals surface area contributed by atoms with Gasteiger partial charge in [0.2, 0.25) is 11.8 Å². The molecule has 0 atom stereocenters. The Morgan fingerprint density at radius 1 is 1.35 bits per heavy atom. The van der Waals surface area contributed by atoms with E-state index in [1.54, 1.807) is 31.2 Å². The van der Waals surface area contributed by atoms with E-state index < -0.39 is 0 Å². The molecule has 20 heavy (non-hydrogen) atoms. The number of ether oxygens (including phenoxy) is 1. The normalized spacial score (nSPS) is 10.2. The molecule has 1 aromatic heterocycles. The minimum absolute atomic E-state index is 0.197. The zero-order chi connectivity index (χ0) is 14.7. The fourth-order valence-corrected chi connectivity index (χ4v) is 2.29. The number of carbonyl (C=O) groups is 1. The number of nitrogens with one attached hydrogen (secondary N) is 1. The van der Waals surface area contributed by atoms with E-state index >= 15 is 0 Å². The molecule has 1 aromatic carbocycles. The molecule has 0 saturated heterocycles. The van der Waals surface area contributed by atoms with E-state index in [0.717, 1.165) is 3.57 Å². The first-order valence-corrected chi connectivity index (χ1v) is 7.11. The maximum absolute atomic E-state index is 12.2. The Morgan fingerprint density at radius 2 is 2.10 bits per heavy atom. The Bertz CT molecular complexity index is 664. The summed E-state index contributed by atoms with van der Waals surface area (Å²) in [5.41, 5.74) is 1.18. The van der Waals surface area contributed by atoms with E-state index in [9.17, 15) is 4.79 Å². The summed E-state index contributed by atoms with van der Waals surface area (Å²) in [5.74, 6) is 0.278. The number of halogens is 2. The Hall–Kier alpha value is -1.41. The van der Waals surface area contributed by atoms with Crippen LogP contribution in [0, 0.1) is 10.5 Å². The van der Waals surface area contributed by atoms with Gasteiger partial charge in [0.1, 0.15) is 0 Å². The Labute approximate surface area is 134 Å². The lowest BCUT2D eigenvalue weighted by Gasteiger charge is -2.08. The molecule has 0 aliphatic heterocycles. The third-order valence-corrected chi connectivity index (χ3v) is 3.61. The second kappa shape index (κ2) is 6.36. The van der Waals surface area contributed by atoms with Gasteiger partial charge in [0.05, 0.1) is 12.7 Å². The molecule has 5 nitrogen and oxygen atoms in total. The van der Waals surface area contributed by atoms with E-state index in [1.807, 2.05) is 0 Å². The highest BCUT2D eigenvalue weighted by molar-refractivity contribution is 14.1. The predicted molar refractivity (Wildman–Crippen MR) is 85.4 cm³/mol. The van der Waals surface area contributed by atoms with Gasteiger partial charge in [-0.1, -0.05) is 11.6 Å². The van der Waals surface area contributed by atoms with Crippen LogP contribution >= 0.6 is 34.2 Å². The molecular weight excluding hydrogens is 393 g/mol. The molecule has 1 N–H and O–H groups in total. The minimum Gasteiger partial charge on any atom is -0.481 e. The average molecular weight is 404 g/mol. The highest BCUT2D eigenvalue weighted by atomic mass is 127. The maximum atomic E-state index is 12.2. The lowest BCUT2D eigenvalue weighted by Crippen LogP contribution is -2.16. The van der Waals surface area contributed by atoms with Gasteiger partial charge in [0, 0.05) is 20.4 Å². The number of aromatic nitrogens is 2. The molecule has 1 amide bonds. The summed E-state index contributed by atoms with van der Waals surface area (Å²) >= 11 is 7.97. The van der Waals surface area contributed by atoms with E-state index in [1.165, 1.54) is 7.11 Å². The van der Waals surface area contributed by atoms with Crippen molar-refractivity contribution >= 4 is 46.0 Å². The number of hydrogen-bond acceptors (Lipinski definition) is 4. The lowest BCUT2D eigenvalue weighted by atomic mass is 10.2. The first-order valence-electron chi connectivity index (χ1n) is 5.65. The second-order valence-electron chi connectivity index (χ2n) is 3.95. The molecule has 0 radical (unpaired) electrons. The highest BCUT2D eigenvalue weighted by Crippen LogP contribution is 2.19. The third-order valence-electron chi connectivity index (χ3n) is 2.44. The van der Waals surface area contributed by atoms with Gasteiger partial charge in [-0.25, -0.2) is 4.98 Å². The molecular formula is C13H11ClIN3O2. The van der Waals surface area contributed by atoms with Crippen molar-refractivity contribution in [2.24, 2.45) is 0 Å². The number of nitrogens with zero attached hydrogens (tertiary/aromatic N) is 2. The van der Waals surface area contributed by atoms with Crippen LogP contribution in [-0.4, -0.2) is 23.0 Å². The van der Waals surface area contributed by atoms with Gasteiger partial charge in [-0.05, 0) is 47.7 Å². The van der Waals surface area contributed by atoms with Gasteiger partial charge >= 0.3 is 0 Å². The van der Waals surface area contributed by atoms with Crippen LogP contribution in [0.4, 0.5) is 5.95 Å². The van der Waals surface area contributed by atoms with Gasteiger partial charge in [0.15, 0.2) is 0 Å². The van der Waals surface area contributed by atoms with E-state index in [2.05, 4.69) is 37.9 Å². The maximum Gasteiger partial charge on any atom is 0.259 e. The van der Waals surface area contributed by atoms with Crippen molar-refractivity contribution in [2.75, 3.05) is 12.4 Å². The monoisotopic (exact) mass is 403 g/mol. The molecule has 104 valence electrons. The van der Waals surface area contributed by atoms with Crippen LogP contribution < -0.4 is 10.1 Å². The standard InChI is InChI=1S/C13H11ClIN3O2/c1-7-5-11(20-2)17-13(16-7)18-12(19)9-6-8(14)3-4-10(9)15/h3-6H,1-2H3,(H,16,17,18,19). The molecule has 2 aromatic rings. The van der Waals surface area contributed by atoms with Crippen molar-refractivity contribution in [1.29, 1.82) is 0 Å². The average Bonchev–Trinajstić information content (AvgIpc) is 2.40. The second-order valence-corrected chi connectivity index (χ2v) is 5.55. The fourth-order valence-electron chi connectivity index (χ4n) is 1.54. The summed E-state index contributed by atoms with van der Waals surface area (Å²) in [6, 6.07) is 6.78. The van der Waals surface area contributed by atoms with Crippen molar-refractivity contribution in [3.63, 3.8) is 0 Å². The zero-order valence-corrected chi connectivity index (χ0v) is 13.7. The molecule has 0 saturated carbocycles. The first kappa shape index (κ1) is 15.0. The molecule has 0 unspecified atom stereocenters. The number of amides is 1. The van der Waals surface area contributed by atoms with Crippen LogP contribution in [-0.2, 0) is 0 Å². The molecule has 2 rings (SSSR count). The van der Waals surface area contributed by atoms with E-state index in [0.29, 0.717) is 22.2 Å². The lowest BCUT2D eigenvalue weighted by molar-refractivity contribution is 0.102. The van der Waals surface area contributed by atoms with Crippen LogP contribution in [0.5, 0.6) is 5.88 Å². The summed E-state index contributed by atoms with van der Waals surface area (Å²) in [6.45, 7) is 1.79. The minimum atomic E-state index is -0.315. The van der Waals surface area contributed by atoms with Gasteiger partial charge in [-0.3, -0.25) is 10.1 Å². The largest absolute Gasteiger partial charge is 0.481 e. The Morgan fingerprint density at radius 3 is 2.80 bits per heavy atom. The summed E-state index contributed by atoms with van der Waals surface area (Å²) in [5, 5.41) is 3.14. The van der Waals surface area contributed by atoms with Crippen molar-refractivity contribution in [2.45, 2.75) is 6.92 Å². The predicted octanol–water partition coefficient (Wildman–Crippen LogP) is 3.30. The topological polar surface area (TPSA) is 64.1 Å². The number of anilines is 1. The van der Waals surface area contributed by atoms with Gasteiger partial charge < -0.3 is 4.74 Å². The van der Waals surface area contributed by atoms with Crippen molar-refractivity contribution < 1.29 is 9.53 Å². The quantitative estimate of drug-likeness (QED) is 0.799. The van der Waals surface area contributed by atoms with Gasteiger partial charge in [-0.2, -0.15) is 4.98 Å². The van der Waals surface area contributed by atoms with E-state index in [4.69, 9.17) is 16.3 Å². The summed E-state index contributed by atoms with van der Waals surface area (Å²) in [4.78, 5) is 20.4. The Kier molecular flexibility index (Phi) is 4.77. The van der Waals surface area contributed by atoms with Crippen molar-refractivity contribution in [3.05, 3.63) is 44.1 Å². The molecule has 0 spiro atoms. The number of benzene rings is 1. The van der Waals surface area contributed by atoms with Crippen molar-refractivity contribution in [3.8, 4) is 5.88 Å². The fraction of sp³-hybridized carbons (Fsp3) is 0.154. The van der Waals surface area contributed by atoms with Gasteiger partial charge in [-0.15, -0.1) is 0 Å². The van der Waals surface area contributed by atoms with Crippen LogP contribution in [0.1, 0.15) is 16.1 Å². The van der Waals surface area contributed by atoms with Crippen molar-refractivity contribution in [1.82, 2.24) is 9.97 Å². The number of hydrogen-bond donors (Lipinski definition) is 1. The number of aryl methyl sites for hydroxylation is 1. The first-order chi connectivity index (χ1) is 9.49.